The number of nitrogens with one attached hydrogen (secondary N) is 2. The molecule has 0 atom stereocenters. The summed E-state index contributed by atoms with van der Waals surface area (Å²) in [6.07, 6.45) is 2.92. The maximum atomic E-state index is 11.8. The third-order valence-electron chi connectivity index (χ3n) is 5.67. The zero-order chi connectivity index (χ0) is 24.7. The molecule has 1 fully saturated rings. The van der Waals surface area contributed by atoms with Crippen molar-refractivity contribution >= 4 is 40.6 Å². The topological polar surface area (TPSA) is 120 Å². The fraction of sp³-hybridized carbons (Fsp3) is 0.500. The van der Waals surface area contributed by atoms with E-state index in [-0.39, 0.29) is 11.6 Å². The van der Waals surface area contributed by atoms with Crippen LogP contribution >= 0.6 is 11.6 Å². The maximum absolute atomic E-state index is 11.8. The van der Waals surface area contributed by atoms with Crippen LogP contribution in [0.25, 0.3) is 0 Å². The van der Waals surface area contributed by atoms with E-state index in [4.69, 9.17) is 11.6 Å². The Kier molecular flexibility index (Phi) is 8.97. The van der Waals surface area contributed by atoms with E-state index in [0.29, 0.717) is 42.5 Å². The zero-order valence-corrected chi connectivity index (χ0v) is 20.5. The molecule has 0 unspecified atom stereocenters. The van der Waals surface area contributed by atoms with Gasteiger partial charge in [-0.25, -0.2) is 4.98 Å². The van der Waals surface area contributed by atoms with Gasteiger partial charge in [0, 0.05) is 57.0 Å². The summed E-state index contributed by atoms with van der Waals surface area (Å²) in [5.41, 5.74) is 0.629. The van der Waals surface area contributed by atoms with Crippen LogP contribution in [0.1, 0.15) is 12.8 Å². The summed E-state index contributed by atoms with van der Waals surface area (Å²) in [6, 6.07) is 7.37. The summed E-state index contributed by atoms with van der Waals surface area (Å²) in [5.74, 6) is 0.683. The van der Waals surface area contributed by atoms with E-state index in [1.165, 1.54) is 6.20 Å². The number of nitrogens with zero attached hydrogens (tertiary/aromatic N) is 6. The van der Waals surface area contributed by atoms with Crippen molar-refractivity contribution in [2.24, 2.45) is 0 Å². The average molecular weight is 491 g/mol. The predicted octanol–water partition coefficient (Wildman–Crippen LogP) is 2.36. The number of aromatic nitrogens is 2. The van der Waals surface area contributed by atoms with Crippen molar-refractivity contribution in [3.8, 4) is 0 Å². The highest BCUT2D eigenvalue weighted by Crippen LogP contribution is 2.29. The first-order valence-electron chi connectivity index (χ1n) is 11.1. The van der Waals surface area contributed by atoms with Gasteiger partial charge >= 0.3 is 5.69 Å². The van der Waals surface area contributed by atoms with Gasteiger partial charge in [0.25, 0.3) is 0 Å². The van der Waals surface area contributed by atoms with E-state index in [1.54, 1.807) is 43.3 Å². The monoisotopic (exact) mass is 490 g/mol. The number of hydrogen-bond acceptors (Lipinski definition) is 9. The summed E-state index contributed by atoms with van der Waals surface area (Å²) in [5, 5.41) is 18.8. The lowest BCUT2D eigenvalue weighted by molar-refractivity contribution is -0.384. The summed E-state index contributed by atoms with van der Waals surface area (Å²) in [7, 11) is 5.43. The largest absolute Gasteiger partial charge is 0.351 e. The van der Waals surface area contributed by atoms with Crippen LogP contribution in [0.15, 0.2) is 30.5 Å². The van der Waals surface area contributed by atoms with Crippen molar-refractivity contribution in [3.63, 3.8) is 0 Å². The number of rotatable bonds is 10. The smallest absolute Gasteiger partial charge is 0.329 e. The molecule has 0 spiro atoms. The van der Waals surface area contributed by atoms with Crippen LogP contribution in [0, 0.1) is 10.1 Å². The van der Waals surface area contributed by atoms with Gasteiger partial charge in [0.15, 0.2) is 0 Å². The van der Waals surface area contributed by atoms with Crippen LogP contribution in [0.4, 0.5) is 23.1 Å². The number of carbonyl (C=O) groups is 1. The van der Waals surface area contributed by atoms with E-state index >= 15 is 0 Å². The Bertz CT molecular complexity index is 981. The second-order valence-corrected chi connectivity index (χ2v) is 8.97. The van der Waals surface area contributed by atoms with Crippen molar-refractivity contribution in [2.75, 3.05) is 64.1 Å². The van der Waals surface area contributed by atoms with Crippen molar-refractivity contribution in [1.29, 1.82) is 0 Å². The van der Waals surface area contributed by atoms with Crippen molar-refractivity contribution in [3.05, 3.63) is 45.6 Å². The Morgan fingerprint density at radius 3 is 2.53 bits per heavy atom. The van der Waals surface area contributed by atoms with E-state index in [1.807, 2.05) is 16.8 Å². The maximum Gasteiger partial charge on any atom is 0.329 e. The molecule has 0 aliphatic carbocycles. The Morgan fingerprint density at radius 2 is 1.91 bits per heavy atom. The summed E-state index contributed by atoms with van der Waals surface area (Å²) in [4.78, 5) is 37.0. The normalized spacial score (nSPS) is 14.3. The molecule has 2 heterocycles. The summed E-state index contributed by atoms with van der Waals surface area (Å²) in [6.45, 7) is 3.20. The lowest BCUT2D eigenvalue weighted by atomic mass is 10.0. The molecule has 1 aliphatic rings. The Labute approximate surface area is 204 Å². The number of amides is 1. The standard InChI is InChI=1S/C22H31ClN8O3/c1-28(2)20(32)15-29(3)13-10-24-17-8-11-30(12-9-17)21-19(31(33)34)14-25-22(27-21)26-18-6-4-16(23)5-7-18/h4-7,14,17,24H,8-13,15H2,1-3H3,(H,25,26,27). The molecule has 12 heteroatoms. The minimum atomic E-state index is -0.448. The molecule has 184 valence electrons. The van der Waals surface area contributed by atoms with Gasteiger partial charge in [-0.1, -0.05) is 11.6 Å². The molecule has 0 radical (unpaired) electrons. The van der Waals surface area contributed by atoms with Crippen LogP contribution in [-0.4, -0.2) is 90.5 Å². The van der Waals surface area contributed by atoms with Crippen molar-refractivity contribution in [2.45, 2.75) is 18.9 Å². The number of nitro groups is 1. The number of likely N-dealkylation sites (N-methyl/N-ethyl adjacent to an activating group) is 2. The molecule has 11 nitrogen and oxygen atoms in total. The summed E-state index contributed by atoms with van der Waals surface area (Å²) >= 11 is 5.92. The minimum absolute atomic E-state index is 0.0761. The molecule has 1 aromatic heterocycles. The number of benzene rings is 1. The van der Waals surface area contributed by atoms with Crippen LogP contribution in [0.3, 0.4) is 0 Å². The highest BCUT2D eigenvalue weighted by Gasteiger charge is 2.27. The van der Waals surface area contributed by atoms with Crippen molar-refractivity contribution in [1.82, 2.24) is 25.1 Å². The summed E-state index contributed by atoms with van der Waals surface area (Å²) < 4.78 is 0. The number of piperidine rings is 1. The fourth-order valence-corrected chi connectivity index (χ4v) is 3.78. The lowest BCUT2D eigenvalue weighted by Gasteiger charge is -2.33. The number of anilines is 3. The molecule has 2 aromatic rings. The molecule has 1 amide bonds. The van der Waals surface area contributed by atoms with E-state index in [2.05, 4.69) is 20.6 Å². The molecular weight excluding hydrogens is 460 g/mol. The molecular formula is C22H31ClN8O3. The van der Waals surface area contributed by atoms with E-state index < -0.39 is 4.92 Å². The second kappa shape index (κ2) is 11.9. The number of halogens is 1. The van der Waals surface area contributed by atoms with Crippen LogP contribution < -0.4 is 15.5 Å². The fourth-order valence-electron chi connectivity index (χ4n) is 3.66. The molecule has 1 saturated heterocycles. The highest BCUT2D eigenvalue weighted by molar-refractivity contribution is 6.30. The molecule has 1 aromatic carbocycles. The molecule has 0 bridgehead atoms. The molecule has 0 saturated carbocycles. The minimum Gasteiger partial charge on any atom is -0.351 e. The van der Waals surface area contributed by atoms with Gasteiger partial charge in [0.05, 0.1) is 11.5 Å². The quantitative estimate of drug-likeness (QED) is 0.382. The van der Waals surface area contributed by atoms with Crippen LogP contribution in [0.2, 0.25) is 5.02 Å². The van der Waals surface area contributed by atoms with Crippen LogP contribution in [-0.2, 0) is 4.79 Å². The van der Waals surface area contributed by atoms with Gasteiger partial charge in [-0.15, -0.1) is 0 Å². The molecule has 1 aliphatic heterocycles. The van der Waals surface area contributed by atoms with Gasteiger partial charge in [-0.2, -0.15) is 4.98 Å². The zero-order valence-electron chi connectivity index (χ0n) is 19.7. The third-order valence-corrected chi connectivity index (χ3v) is 5.92. The second-order valence-electron chi connectivity index (χ2n) is 8.53. The van der Waals surface area contributed by atoms with E-state index in [0.717, 1.165) is 31.6 Å². The molecule has 2 N–H and O–H groups in total. The van der Waals surface area contributed by atoms with Gasteiger partial charge in [0.1, 0.15) is 6.20 Å². The highest BCUT2D eigenvalue weighted by atomic mass is 35.5. The molecule has 34 heavy (non-hydrogen) atoms. The van der Waals surface area contributed by atoms with Crippen molar-refractivity contribution < 1.29 is 9.72 Å². The third kappa shape index (κ3) is 7.24. The Morgan fingerprint density at radius 1 is 1.24 bits per heavy atom. The van der Waals surface area contributed by atoms with Gasteiger partial charge in [0.2, 0.25) is 17.7 Å². The molecule has 3 rings (SSSR count). The Balaban J connectivity index is 1.55. The lowest BCUT2D eigenvalue weighted by Crippen LogP contribution is -2.45. The number of hydrogen-bond donors (Lipinski definition) is 2. The first kappa shape index (κ1) is 25.6. The first-order valence-corrected chi connectivity index (χ1v) is 11.5. The van der Waals surface area contributed by atoms with E-state index in [9.17, 15) is 14.9 Å². The average Bonchev–Trinajstić information content (AvgIpc) is 2.80. The SMILES string of the molecule is CN(CCNC1CCN(c2nc(Nc3ccc(Cl)cc3)ncc2[N+](=O)[O-])CC1)CC(=O)N(C)C. The van der Waals surface area contributed by atoms with Gasteiger partial charge in [-0.05, 0) is 44.2 Å². The van der Waals surface area contributed by atoms with Crippen LogP contribution in [0.5, 0.6) is 0 Å². The van der Waals surface area contributed by atoms with Gasteiger partial charge < -0.3 is 20.4 Å². The Hall–Kier alpha value is -3.02. The predicted molar refractivity (Wildman–Crippen MR) is 133 cm³/mol. The number of carbonyl (C=O) groups excluding carboxylic acids is 1. The van der Waals surface area contributed by atoms with Gasteiger partial charge in [-0.3, -0.25) is 19.8 Å². The first-order chi connectivity index (χ1) is 16.2.